The normalized spacial score (nSPS) is 11.4. The second kappa shape index (κ2) is 11.3. The van der Waals surface area contributed by atoms with E-state index in [1.165, 1.54) is 65.3 Å². The number of hydrogen-bond donors (Lipinski definition) is 0. The molecule has 220 valence electrons. The van der Waals surface area contributed by atoms with Gasteiger partial charge >= 0.3 is 0 Å². The van der Waals surface area contributed by atoms with Crippen LogP contribution in [0.1, 0.15) is 0 Å². The Hall–Kier alpha value is -6.18. The summed E-state index contributed by atoms with van der Waals surface area (Å²) in [4.78, 5) is 2.34. The Kier molecular flexibility index (Phi) is 6.54. The first-order chi connectivity index (χ1) is 23.3. The highest BCUT2D eigenvalue weighted by Gasteiger charge is 2.16. The molecule has 0 aromatic heterocycles. The third-order valence-electron chi connectivity index (χ3n) is 9.39. The Balaban J connectivity index is 1.22. The Labute approximate surface area is 274 Å². The number of anilines is 3. The average Bonchev–Trinajstić information content (AvgIpc) is 3.15. The molecule has 0 bridgehead atoms. The number of para-hydroxylation sites is 1. The molecule has 0 atom stereocenters. The molecule has 0 aliphatic carbocycles. The molecule has 0 saturated heterocycles. The van der Waals surface area contributed by atoms with Crippen molar-refractivity contribution in [2.24, 2.45) is 0 Å². The van der Waals surface area contributed by atoms with Gasteiger partial charge in [0.05, 0.1) is 0 Å². The number of rotatable bonds is 5. The number of hydrogen-bond acceptors (Lipinski definition) is 1. The maximum atomic E-state index is 2.39. The Morgan fingerprint density at radius 1 is 0.277 bits per heavy atom. The van der Waals surface area contributed by atoms with E-state index in [0.29, 0.717) is 0 Å². The van der Waals surface area contributed by atoms with Gasteiger partial charge in [0.1, 0.15) is 0 Å². The van der Waals surface area contributed by atoms with E-state index in [2.05, 4.69) is 193 Å². The zero-order valence-corrected chi connectivity index (χ0v) is 25.8. The minimum Gasteiger partial charge on any atom is -0.310 e. The van der Waals surface area contributed by atoms with Gasteiger partial charge in [-0.15, -0.1) is 0 Å². The SMILES string of the molecule is c1ccc(-c2cc3cc(-c4ccc(N(c5ccccc5)c5ccc6ccccc6c5)cc4)c4ccccc4c3c3ccccc23)cc1. The molecule has 0 radical (unpaired) electrons. The molecule has 0 unspecified atom stereocenters. The smallest absolute Gasteiger partial charge is 0.0468 e. The van der Waals surface area contributed by atoms with Crippen molar-refractivity contribution < 1.29 is 0 Å². The van der Waals surface area contributed by atoms with Crippen molar-refractivity contribution in [1.29, 1.82) is 0 Å². The second-order valence-corrected chi connectivity index (χ2v) is 12.2. The maximum absolute atomic E-state index is 2.39. The minimum atomic E-state index is 1.12. The van der Waals surface area contributed by atoms with E-state index in [4.69, 9.17) is 0 Å². The van der Waals surface area contributed by atoms with Crippen LogP contribution in [0.4, 0.5) is 17.1 Å². The Morgan fingerprint density at radius 3 is 1.38 bits per heavy atom. The lowest BCUT2D eigenvalue weighted by molar-refractivity contribution is 1.29. The Morgan fingerprint density at radius 2 is 0.745 bits per heavy atom. The molecule has 1 nitrogen and oxygen atoms in total. The van der Waals surface area contributed by atoms with Gasteiger partial charge in [0.15, 0.2) is 0 Å². The van der Waals surface area contributed by atoms with Crippen molar-refractivity contribution in [3.8, 4) is 22.3 Å². The molecular formula is C46H31N. The van der Waals surface area contributed by atoms with E-state index in [-0.39, 0.29) is 0 Å². The molecule has 9 aromatic rings. The van der Waals surface area contributed by atoms with Crippen molar-refractivity contribution in [3.63, 3.8) is 0 Å². The highest BCUT2D eigenvalue weighted by molar-refractivity contribution is 6.25. The summed E-state index contributed by atoms with van der Waals surface area (Å²) in [6, 6.07) is 68.2. The number of benzene rings is 9. The van der Waals surface area contributed by atoms with Gasteiger partial charge < -0.3 is 4.90 Å². The molecule has 0 amide bonds. The molecule has 0 fully saturated rings. The lowest BCUT2D eigenvalue weighted by Crippen LogP contribution is -2.09. The molecular weight excluding hydrogens is 567 g/mol. The van der Waals surface area contributed by atoms with Gasteiger partial charge in [0, 0.05) is 17.1 Å². The molecule has 0 saturated carbocycles. The van der Waals surface area contributed by atoms with Gasteiger partial charge in [-0.1, -0.05) is 140 Å². The van der Waals surface area contributed by atoms with Gasteiger partial charge in [-0.25, -0.2) is 0 Å². The van der Waals surface area contributed by atoms with Gasteiger partial charge in [-0.2, -0.15) is 0 Å². The summed E-state index contributed by atoms with van der Waals surface area (Å²) >= 11 is 0. The summed E-state index contributed by atoms with van der Waals surface area (Å²) in [5, 5.41) is 10.1. The molecule has 0 aliphatic rings. The summed E-state index contributed by atoms with van der Waals surface area (Å²) in [6.07, 6.45) is 0. The van der Waals surface area contributed by atoms with Gasteiger partial charge in [-0.3, -0.25) is 0 Å². The summed E-state index contributed by atoms with van der Waals surface area (Å²) < 4.78 is 0. The third-order valence-corrected chi connectivity index (χ3v) is 9.39. The van der Waals surface area contributed by atoms with Crippen LogP contribution in [0.2, 0.25) is 0 Å². The van der Waals surface area contributed by atoms with Crippen molar-refractivity contribution in [2.45, 2.75) is 0 Å². The van der Waals surface area contributed by atoms with Crippen molar-refractivity contribution >= 4 is 60.2 Å². The van der Waals surface area contributed by atoms with Crippen molar-refractivity contribution in [1.82, 2.24) is 0 Å². The van der Waals surface area contributed by atoms with Crippen LogP contribution in [-0.4, -0.2) is 0 Å². The van der Waals surface area contributed by atoms with Crippen LogP contribution in [0.5, 0.6) is 0 Å². The molecule has 0 N–H and O–H groups in total. The number of fused-ring (bicyclic) bond motifs is 6. The minimum absolute atomic E-state index is 1.12. The first-order valence-electron chi connectivity index (χ1n) is 16.2. The quantitative estimate of drug-likeness (QED) is 0.178. The highest BCUT2D eigenvalue weighted by Crippen LogP contribution is 2.43. The molecule has 47 heavy (non-hydrogen) atoms. The first kappa shape index (κ1) is 27.2. The summed E-state index contributed by atoms with van der Waals surface area (Å²) in [5.41, 5.74) is 8.33. The largest absolute Gasteiger partial charge is 0.310 e. The van der Waals surface area contributed by atoms with E-state index in [1.807, 2.05) is 0 Å². The lowest BCUT2D eigenvalue weighted by atomic mass is 9.87. The second-order valence-electron chi connectivity index (χ2n) is 12.2. The third kappa shape index (κ3) is 4.72. The predicted octanol–water partition coefficient (Wildman–Crippen LogP) is 13.1. The fourth-order valence-corrected chi connectivity index (χ4v) is 7.21. The summed E-state index contributed by atoms with van der Waals surface area (Å²) in [6.45, 7) is 0. The van der Waals surface area contributed by atoms with Crippen LogP contribution in [0.15, 0.2) is 188 Å². The van der Waals surface area contributed by atoms with Crippen molar-refractivity contribution in [2.75, 3.05) is 4.90 Å². The molecule has 0 spiro atoms. The zero-order valence-electron chi connectivity index (χ0n) is 25.8. The van der Waals surface area contributed by atoms with E-state index in [0.717, 1.165) is 17.1 Å². The van der Waals surface area contributed by atoms with E-state index >= 15 is 0 Å². The monoisotopic (exact) mass is 597 g/mol. The lowest BCUT2D eigenvalue weighted by Gasteiger charge is -2.26. The molecule has 0 heterocycles. The number of nitrogens with zero attached hydrogens (tertiary/aromatic N) is 1. The molecule has 9 rings (SSSR count). The van der Waals surface area contributed by atoms with Gasteiger partial charge in [0.25, 0.3) is 0 Å². The van der Waals surface area contributed by atoms with Crippen molar-refractivity contribution in [3.05, 3.63) is 188 Å². The predicted molar refractivity (Wildman–Crippen MR) is 202 cm³/mol. The maximum Gasteiger partial charge on any atom is 0.0468 e. The molecule has 1 heteroatoms. The van der Waals surface area contributed by atoms with E-state index in [9.17, 15) is 0 Å². The Bertz CT molecular complexity index is 2550. The summed E-state index contributed by atoms with van der Waals surface area (Å²) in [7, 11) is 0. The van der Waals surface area contributed by atoms with Crippen LogP contribution in [-0.2, 0) is 0 Å². The molecule has 9 aromatic carbocycles. The summed E-state index contributed by atoms with van der Waals surface area (Å²) in [5.74, 6) is 0. The fourth-order valence-electron chi connectivity index (χ4n) is 7.21. The van der Waals surface area contributed by atoms with Crippen LogP contribution in [0.25, 0.3) is 65.3 Å². The highest BCUT2D eigenvalue weighted by atomic mass is 15.1. The van der Waals surface area contributed by atoms with Crippen LogP contribution < -0.4 is 4.90 Å². The van der Waals surface area contributed by atoms with E-state index < -0.39 is 0 Å². The fraction of sp³-hybridized carbons (Fsp3) is 0. The van der Waals surface area contributed by atoms with Crippen LogP contribution in [0.3, 0.4) is 0 Å². The zero-order chi connectivity index (χ0) is 31.2. The van der Waals surface area contributed by atoms with Crippen LogP contribution in [0, 0.1) is 0 Å². The topological polar surface area (TPSA) is 3.24 Å². The van der Waals surface area contributed by atoms with Crippen LogP contribution >= 0.6 is 0 Å². The standard InChI is InChI=1S/C46H31N/c1-3-14-33(15-4-1)44-30-36-31-45(41-20-10-12-22-43(41)46(36)42-21-11-9-19-40(42)44)34-24-26-38(27-25-34)47(37-17-5-2-6-18-37)39-28-23-32-13-7-8-16-35(32)29-39/h1-31H. The molecule has 0 aliphatic heterocycles. The average molecular weight is 598 g/mol. The van der Waals surface area contributed by atoms with Gasteiger partial charge in [-0.05, 0) is 114 Å². The first-order valence-corrected chi connectivity index (χ1v) is 16.2. The van der Waals surface area contributed by atoms with E-state index in [1.54, 1.807) is 0 Å². The van der Waals surface area contributed by atoms with Gasteiger partial charge in [0.2, 0.25) is 0 Å².